The van der Waals surface area contributed by atoms with E-state index in [9.17, 15) is 43.8 Å². The summed E-state index contributed by atoms with van der Waals surface area (Å²) in [7, 11) is 0. The molecule has 0 spiro atoms. The van der Waals surface area contributed by atoms with E-state index in [1.165, 1.54) is 6.92 Å². The number of esters is 1. The van der Waals surface area contributed by atoms with E-state index in [1.54, 1.807) is 27.7 Å². The number of nitrogens with one attached hydrogen (secondary N) is 5. The molecule has 0 aromatic heterocycles. The molecule has 2 aliphatic rings. The quantitative estimate of drug-likeness (QED) is 0.0382. The van der Waals surface area contributed by atoms with Gasteiger partial charge in [-0.1, -0.05) is 92.7 Å². The zero-order chi connectivity index (χ0) is 48.8. The van der Waals surface area contributed by atoms with E-state index in [0.29, 0.717) is 0 Å². The van der Waals surface area contributed by atoms with Crippen molar-refractivity contribution in [1.29, 1.82) is 0 Å². The molecule has 0 bridgehead atoms. The van der Waals surface area contributed by atoms with E-state index in [0.717, 1.165) is 27.8 Å². The monoisotopic (exact) mass is 930 g/mol. The van der Waals surface area contributed by atoms with Crippen molar-refractivity contribution in [2.24, 2.45) is 17.1 Å². The molecular weight excluding hydrogens is 869 g/mol. The SMILES string of the molecule is CC(C)[C@H](NC(=O)[C@H](CCC(=O)NC[C@H]1O[C@@H](CC(N)=O)[C@H](O)[C@@H]1O)NC(=O)OCC1c2ccccc2-c2ccccc21)C(=O)N[C@@H](C)C(=O)NCOCC(C)(C)C(=O)OCc1ccccc1. The number of nitrogens with two attached hydrogens (primary N) is 1. The highest BCUT2D eigenvalue weighted by molar-refractivity contribution is 5.94. The lowest BCUT2D eigenvalue weighted by Gasteiger charge is -2.26. The first-order valence-corrected chi connectivity index (χ1v) is 22.2. The van der Waals surface area contributed by atoms with Crippen molar-refractivity contribution in [3.05, 3.63) is 95.6 Å². The van der Waals surface area contributed by atoms with Crippen LogP contribution in [0.2, 0.25) is 0 Å². The number of rotatable bonds is 23. The van der Waals surface area contributed by atoms with Gasteiger partial charge in [-0.05, 0) is 60.9 Å². The molecule has 3 aromatic carbocycles. The van der Waals surface area contributed by atoms with Gasteiger partial charge in [-0.15, -0.1) is 0 Å². The van der Waals surface area contributed by atoms with E-state index in [-0.39, 0.29) is 58.3 Å². The van der Waals surface area contributed by atoms with Crippen LogP contribution in [0.25, 0.3) is 11.1 Å². The highest BCUT2D eigenvalue weighted by atomic mass is 16.6. The molecule has 0 saturated carbocycles. The molecule has 1 aliphatic carbocycles. The van der Waals surface area contributed by atoms with E-state index < -0.39 is 95.5 Å². The number of ether oxygens (including phenoxy) is 4. The maximum Gasteiger partial charge on any atom is 0.407 e. The summed E-state index contributed by atoms with van der Waals surface area (Å²) in [4.78, 5) is 91.1. The molecule has 19 nitrogen and oxygen atoms in total. The highest BCUT2D eigenvalue weighted by Gasteiger charge is 2.43. The van der Waals surface area contributed by atoms with Crippen LogP contribution in [-0.4, -0.2) is 121 Å². The van der Waals surface area contributed by atoms with Crippen LogP contribution < -0.4 is 32.3 Å². The van der Waals surface area contributed by atoms with Crippen molar-refractivity contribution in [3.8, 4) is 11.1 Å². The summed E-state index contributed by atoms with van der Waals surface area (Å²) in [5, 5.41) is 33.6. The minimum atomic E-state index is -1.42. The van der Waals surface area contributed by atoms with Crippen molar-refractivity contribution in [1.82, 2.24) is 26.6 Å². The zero-order valence-electron chi connectivity index (χ0n) is 38.3. The Morgan fingerprint density at radius 3 is 1.99 bits per heavy atom. The van der Waals surface area contributed by atoms with Crippen LogP contribution in [0.5, 0.6) is 0 Å². The molecule has 6 amide bonds. The maximum atomic E-state index is 14.0. The van der Waals surface area contributed by atoms with Crippen molar-refractivity contribution >= 4 is 41.6 Å². The van der Waals surface area contributed by atoms with E-state index in [2.05, 4.69) is 26.6 Å². The molecule has 5 rings (SSSR count). The van der Waals surface area contributed by atoms with Crippen LogP contribution in [0.15, 0.2) is 78.9 Å². The fourth-order valence-corrected chi connectivity index (χ4v) is 7.71. The summed E-state index contributed by atoms with van der Waals surface area (Å²) in [6.45, 7) is 7.50. The average molecular weight is 931 g/mol. The molecule has 9 N–H and O–H groups in total. The predicted molar refractivity (Wildman–Crippen MR) is 242 cm³/mol. The molecule has 0 unspecified atom stereocenters. The molecule has 1 aliphatic heterocycles. The normalized spacial score (nSPS) is 18.9. The number of amides is 6. The number of hydrogen-bond acceptors (Lipinski definition) is 13. The van der Waals surface area contributed by atoms with Gasteiger partial charge in [0.15, 0.2) is 0 Å². The lowest BCUT2D eigenvalue weighted by atomic mass is 9.95. The van der Waals surface area contributed by atoms with Crippen molar-refractivity contribution in [2.45, 2.75) is 109 Å². The number of benzene rings is 3. The molecular formula is C48H62N6O13. The minimum absolute atomic E-state index is 0.0674. The molecule has 7 atom stereocenters. The molecule has 67 heavy (non-hydrogen) atoms. The van der Waals surface area contributed by atoms with Crippen LogP contribution in [0.1, 0.15) is 76.5 Å². The lowest BCUT2D eigenvalue weighted by Crippen LogP contribution is -2.58. The third-order valence-electron chi connectivity index (χ3n) is 11.6. The van der Waals surface area contributed by atoms with Gasteiger partial charge >= 0.3 is 12.1 Å². The molecule has 1 heterocycles. The maximum absolute atomic E-state index is 14.0. The Balaban J connectivity index is 1.16. The van der Waals surface area contributed by atoms with Gasteiger partial charge in [0.05, 0.1) is 24.5 Å². The number of fused-ring (bicyclic) bond motifs is 3. The lowest BCUT2D eigenvalue weighted by molar-refractivity contribution is -0.159. The number of aliphatic hydroxyl groups is 2. The largest absolute Gasteiger partial charge is 0.460 e. The van der Waals surface area contributed by atoms with Gasteiger partial charge in [-0.25, -0.2) is 4.79 Å². The van der Waals surface area contributed by atoms with Gasteiger partial charge in [-0.2, -0.15) is 0 Å². The van der Waals surface area contributed by atoms with Crippen LogP contribution in [0.4, 0.5) is 4.79 Å². The number of aliphatic hydroxyl groups excluding tert-OH is 2. The minimum Gasteiger partial charge on any atom is -0.460 e. The first-order valence-electron chi connectivity index (χ1n) is 22.2. The summed E-state index contributed by atoms with van der Waals surface area (Å²) in [6.07, 6.45) is -6.84. The summed E-state index contributed by atoms with van der Waals surface area (Å²) >= 11 is 0. The van der Waals surface area contributed by atoms with Crippen molar-refractivity contribution in [2.75, 3.05) is 26.5 Å². The Hall–Kier alpha value is -6.41. The Kier molecular flexibility index (Phi) is 18.4. The highest BCUT2D eigenvalue weighted by Crippen LogP contribution is 2.44. The number of carbonyl (C=O) groups is 7. The van der Waals surface area contributed by atoms with E-state index in [4.69, 9.17) is 24.7 Å². The molecule has 1 saturated heterocycles. The first kappa shape index (κ1) is 51.6. The summed E-state index contributed by atoms with van der Waals surface area (Å²) in [5.41, 5.74) is 8.97. The zero-order valence-corrected chi connectivity index (χ0v) is 38.3. The Bertz CT molecular complexity index is 2180. The molecule has 3 aromatic rings. The summed E-state index contributed by atoms with van der Waals surface area (Å²) < 4.78 is 22.2. The third-order valence-corrected chi connectivity index (χ3v) is 11.6. The summed E-state index contributed by atoms with van der Waals surface area (Å²) in [5.74, 6) is -4.79. The topological polar surface area (TPSA) is 283 Å². The first-order chi connectivity index (χ1) is 31.9. The molecule has 0 radical (unpaired) electrons. The Labute approximate surface area is 389 Å². The van der Waals surface area contributed by atoms with Gasteiger partial charge in [0.2, 0.25) is 29.5 Å². The summed E-state index contributed by atoms with van der Waals surface area (Å²) in [6, 6.07) is 21.0. The smallest absolute Gasteiger partial charge is 0.407 e. The van der Waals surface area contributed by atoms with Crippen LogP contribution in [-0.2, 0) is 54.3 Å². The second kappa shape index (κ2) is 23.9. The van der Waals surface area contributed by atoms with Crippen molar-refractivity contribution < 1.29 is 62.7 Å². The standard InChI is InChI=1S/C48H62N6O13/c1-27(2)40(45(61)52-28(3)43(59)51-26-64-25-48(4,5)46(62)65-23-29-13-7-6-8-14-29)54-44(60)35(19-20-39(56)50-22-37-42(58)41(57)36(67-37)21-38(49)55)53-47(63)66-24-34-32-17-11-9-15-30(32)31-16-10-12-18-33(31)34/h6-18,27-28,34-37,40-42,57-58H,19-26H2,1-5H3,(H2,49,55)(H,50,56)(H,51,59)(H,52,61)(H,53,63)(H,54,60)/t28-,35-,36-,37+,40-,41-,42+/m0/s1. The average Bonchev–Trinajstić information content (AvgIpc) is 3.76. The Morgan fingerprint density at radius 1 is 0.746 bits per heavy atom. The fraction of sp³-hybridized carbons (Fsp3) is 0.479. The van der Waals surface area contributed by atoms with Gasteiger partial charge in [0.1, 0.15) is 56.4 Å². The van der Waals surface area contributed by atoms with Crippen LogP contribution in [0, 0.1) is 11.3 Å². The third kappa shape index (κ3) is 14.3. The van der Waals surface area contributed by atoms with Crippen LogP contribution in [0.3, 0.4) is 0 Å². The van der Waals surface area contributed by atoms with E-state index in [1.807, 2.05) is 78.9 Å². The van der Waals surface area contributed by atoms with Gasteiger partial charge in [0.25, 0.3) is 0 Å². The van der Waals surface area contributed by atoms with Crippen LogP contribution >= 0.6 is 0 Å². The second-order valence-corrected chi connectivity index (χ2v) is 17.7. The number of alkyl carbamates (subject to hydrolysis) is 1. The van der Waals surface area contributed by atoms with Gasteiger partial charge < -0.3 is 61.5 Å². The molecule has 19 heteroatoms. The van der Waals surface area contributed by atoms with Gasteiger partial charge in [0, 0.05) is 18.9 Å². The van der Waals surface area contributed by atoms with E-state index >= 15 is 0 Å². The van der Waals surface area contributed by atoms with Gasteiger partial charge in [-0.3, -0.25) is 28.8 Å². The molecule has 362 valence electrons. The fourth-order valence-electron chi connectivity index (χ4n) is 7.71. The predicted octanol–water partition coefficient (Wildman–Crippen LogP) is 1.66. The van der Waals surface area contributed by atoms with Crippen molar-refractivity contribution in [3.63, 3.8) is 0 Å². The Morgan fingerprint density at radius 2 is 1.36 bits per heavy atom. The number of primary amides is 1. The number of carbonyl (C=O) groups excluding carboxylic acids is 7. The second-order valence-electron chi connectivity index (χ2n) is 17.7. The molecule has 1 fully saturated rings. The number of hydrogen-bond donors (Lipinski definition) is 8.